The molecule has 0 heterocycles. The fourth-order valence-electron chi connectivity index (χ4n) is 5.92. The summed E-state index contributed by atoms with van der Waals surface area (Å²) in [7, 11) is 0. The molecule has 3 aliphatic carbocycles. The van der Waals surface area contributed by atoms with Crippen molar-refractivity contribution >= 4 is 23.3 Å². The topological polar surface area (TPSA) is 97.7 Å². The molecule has 0 aromatic carbocycles. The van der Waals surface area contributed by atoms with E-state index in [0.717, 1.165) is 12.8 Å². The quantitative estimate of drug-likeness (QED) is 0.451. The first-order valence-electron chi connectivity index (χ1n) is 10.1. The summed E-state index contributed by atoms with van der Waals surface area (Å²) < 4.78 is 5.51. The van der Waals surface area contributed by atoms with Gasteiger partial charge in [0.05, 0.1) is 12.5 Å². The molecule has 0 aromatic heterocycles. The van der Waals surface area contributed by atoms with Gasteiger partial charge in [-0.05, 0) is 36.5 Å². The highest BCUT2D eigenvalue weighted by Crippen LogP contribution is 2.61. The van der Waals surface area contributed by atoms with Crippen molar-refractivity contribution in [3.8, 4) is 0 Å². The highest BCUT2D eigenvalue weighted by atomic mass is 16.5. The van der Waals surface area contributed by atoms with Gasteiger partial charge in [-0.3, -0.25) is 19.2 Å². The fraction of sp³-hybridized carbons (Fsp3) is 0.727. The van der Waals surface area contributed by atoms with Gasteiger partial charge in [0.2, 0.25) is 11.6 Å². The first kappa shape index (κ1) is 20.9. The van der Waals surface area contributed by atoms with Gasteiger partial charge in [-0.25, -0.2) is 0 Å². The number of ketones is 3. The van der Waals surface area contributed by atoms with E-state index < -0.39 is 40.8 Å². The van der Waals surface area contributed by atoms with E-state index in [9.17, 15) is 24.3 Å². The minimum atomic E-state index is -1.05. The normalized spacial score (nSPS) is 35.0. The van der Waals surface area contributed by atoms with Crippen molar-refractivity contribution in [3.63, 3.8) is 0 Å². The number of esters is 1. The van der Waals surface area contributed by atoms with Gasteiger partial charge in [0.25, 0.3) is 0 Å². The molecule has 0 spiro atoms. The molecule has 0 radical (unpaired) electrons. The Morgan fingerprint density at radius 1 is 1.18 bits per heavy atom. The lowest BCUT2D eigenvalue weighted by Crippen LogP contribution is -2.58. The lowest BCUT2D eigenvalue weighted by Gasteiger charge is -2.57. The maximum absolute atomic E-state index is 13.3. The van der Waals surface area contributed by atoms with E-state index in [4.69, 9.17) is 4.74 Å². The molecule has 1 fully saturated rings. The van der Waals surface area contributed by atoms with Gasteiger partial charge in [0.1, 0.15) is 6.10 Å². The molecule has 28 heavy (non-hydrogen) atoms. The van der Waals surface area contributed by atoms with Crippen LogP contribution in [0.1, 0.15) is 60.3 Å². The number of aliphatic hydroxyl groups excluding tert-OH is 1. The number of carbonyl (C=O) groups is 4. The zero-order valence-electron chi connectivity index (χ0n) is 17.3. The molecular formula is C22H30O6. The summed E-state index contributed by atoms with van der Waals surface area (Å²) in [6.45, 7) is 8.59. The van der Waals surface area contributed by atoms with Crippen molar-refractivity contribution < 1.29 is 29.0 Å². The van der Waals surface area contributed by atoms with Crippen LogP contribution >= 0.6 is 0 Å². The summed E-state index contributed by atoms with van der Waals surface area (Å²) in [4.78, 5) is 51.2. The Morgan fingerprint density at radius 3 is 2.36 bits per heavy atom. The maximum atomic E-state index is 13.3. The van der Waals surface area contributed by atoms with E-state index in [1.165, 1.54) is 6.92 Å². The third-order valence-corrected chi connectivity index (χ3v) is 7.13. The van der Waals surface area contributed by atoms with Crippen molar-refractivity contribution in [2.24, 2.45) is 28.6 Å². The van der Waals surface area contributed by atoms with Gasteiger partial charge in [-0.2, -0.15) is 0 Å². The molecule has 1 N–H and O–H groups in total. The van der Waals surface area contributed by atoms with Crippen LogP contribution in [0.2, 0.25) is 0 Å². The summed E-state index contributed by atoms with van der Waals surface area (Å²) in [5.74, 6) is -3.87. The van der Waals surface area contributed by atoms with Gasteiger partial charge >= 0.3 is 5.97 Å². The monoisotopic (exact) mass is 390 g/mol. The van der Waals surface area contributed by atoms with Crippen LogP contribution < -0.4 is 0 Å². The van der Waals surface area contributed by atoms with Crippen LogP contribution in [0.3, 0.4) is 0 Å². The maximum Gasteiger partial charge on any atom is 0.303 e. The van der Waals surface area contributed by atoms with E-state index in [1.54, 1.807) is 13.8 Å². The predicted molar refractivity (Wildman–Crippen MR) is 101 cm³/mol. The van der Waals surface area contributed by atoms with E-state index in [2.05, 4.69) is 13.8 Å². The molecule has 0 saturated heterocycles. The molecular weight excluding hydrogens is 360 g/mol. The van der Waals surface area contributed by atoms with Gasteiger partial charge in [-0.15, -0.1) is 0 Å². The lowest BCUT2D eigenvalue weighted by atomic mass is 9.47. The number of hydrogen-bond donors (Lipinski definition) is 1. The standard InChI is InChI=1S/C22H30O6/c1-11(2)15-18(25)16-13(28-12(3)24)9-14-21(4,5)7-6-8-22(14,10-23)17(16)20(27)19(15)26/h11,13-15,23H,6-10H2,1-5H3/t13-,14?,15?,22-/m1/s1. The SMILES string of the molecule is CC(=O)O[C@@H]1CC2C(C)(C)CCC[C@]2(CO)C2=C1C(=O)C(C(C)C)C(=O)C2=O. The zero-order valence-corrected chi connectivity index (χ0v) is 17.3. The smallest absolute Gasteiger partial charge is 0.303 e. The van der Waals surface area contributed by atoms with Gasteiger partial charge in [0, 0.05) is 23.5 Å². The number of hydrogen-bond acceptors (Lipinski definition) is 6. The third-order valence-electron chi connectivity index (χ3n) is 7.13. The molecule has 6 nitrogen and oxygen atoms in total. The van der Waals surface area contributed by atoms with Crippen LogP contribution in [0.25, 0.3) is 0 Å². The molecule has 0 aliphatic heterocycles. The van der Waals surface area contributed by atoms with E-state index in [0.29, 0.717) is 12.8 Å². The highest BCUT2D eigenvalue weighted by Gasteiger charge is 2.62. The molecule has 0 amide bonds. The molecule has 0 aromatic rings. The summed E-state index contributed by atoms with van der Waals surface area (Å²) in [5, 5.41) is 10.5. The van der Waals surface area contributed by atoms with Crippen molar-refractivity contribution in [2.75, 3.05) is 6.61 Å². The van der Waals surface area contributed by atoms with Crippen LogP contribution in [0.4, 0.5) is 0 Å². The van der Waals surface area contributed by atoms with Crippen molar-refractivity contribution in [1.82, 2.24) is 0 Å². The Hall–Kier alpha value is -1.82. The second-order valence-electron chi connectivity index (χ2n) is 9.61. The van der Waals surface area contributed by atoms with Crippen molar-refractivity contribution in [3.05, 3.63) is 11.1 Å². The molecule has 154 valence electrons. The Balaban J connectivity index is 2.29. The van der Waals surface area contributed by atoms with Crippen LogP contribution in [0.5, 0.6) is 0 Å². The number of carbonyl (C=O) groups excluding carboxylic acids is 4. The molecule has 3 aliphatic rings. The van der Waals surface area contributed by atoms with Gasteiger partial charge in [0.15, 0.2) is 5.78 Å². The Morgan fingerprint density at radius 2 is 1.82 bits per heavy atom. The van der Waals surface area contributed by atoms with Crippen LogP contribution in [-0.4, -0.2) is 41.1 Å². The largest absolute Gasteiger partial charge is 0.458 e. The number of ether oxygens (including phenoxy) is 1. The zero-order chi connectivity index (χ0) is 21.0. The van der Waals surface area contributed by atoms with Gasteiger partial charge < -0.3 is 9.84 Å². The summed E-state index contributed by atoms with van der Waals surface area (Å²) in [6.07, 6.45) is 1.77. The first-order chi connectivity index (χ1) is 13.0. The number of aliphatic hydroxyl groups is 1. The first-order valence-corrected chi connectivity index (χ1v) is 10.1. The molecule has 4 atom stereocenters. The van der Waals surface area contributed by atoms with Crippen LogP contribution in [-0.2, 0) is 23.9 Å². The molecule has 1 saturated carbocycles. The second-order valence-corrected chi connectivity index (χ2v) is 9.61. The minimum absolute atomic E-state index is 0.122. The second kappa shape index (κ2) is 6.90. The Labute approximate surface area is 165 Å². The Bertz CT molecular complexity index is 774. The molecule has 2 unspecified atom stereocenters. The minimum Gasteiger partial charge on any atom is -0.458 e. The van der Waals surface area contributed by atoms with E-state index in [-0.39, 0.29) is 35.0 Å². The van der Waals surface area contributed by atoms with E-state index >= 15 is 0 Å². The van der Waals surface area contributed by atoms with Crippen molar-refractivity contribution in [1.29, 1.82) is 0 Å². The number of rotatable bonds is 3. The number of Topliss-reactive ketones (excluding diaryl/α,β-unsaturated/α-hetero) is 3. The van der Waals surface area contributed by atoms with Crippen molar-refractivity contribution in [2.45, 2.75) is 66.4 Å². The molecule has 6 heteroatoms. The van der Waals surface area contributed by atoms with Crippen LogP contribution in [0, 0.1) is 28.6 Å². The third kappa shape index (κ3) is 2.88. The average Bonchev–Trinajstić information content (AvgIpc) is 2.58. The summed E-state index contributed by atoms with van der Waals surface area (Å²) in [6, 6.07) is 0. The van der Waals surface area contributed by atoms with Crippen LogP contribution in [0.15, 0.2) is 11.1 Å². The predicted octanol–water partition coefficient (Wildman–Crippen LogP) is 2.42. The Kier molecular flexibility index (Phi) is 5.15. The molecule has 3 rings (SSSR count). The average molecular weight is 390 g/mol. The number of fused-ring (bicyclic) bond motifs is 2. The lowest BCUT2D eigenvalue weighted by molar-refractivity contribution is -0.154. The van der Waals surface area contributed by atoms with Gasteiger partial charge in [-0.1, -0.05) is 34.1 Å². The summed E-state index contributed by atoms with van der Waals surface area (Å²) >= 11 is 0. The fourth-order valence-corrected chi connectivity index (χ4v) is 5.92. The van der Waals surface area contributed by atoms with E-state index in [1.807, 2.05) is 0 Å². The highest BCUT2D eigenvalue weighted by molar-refractivity contribution is 6.51. The summed E-state index contributed by atoms with van der Waals surface area (Å²) in [5.41, 5.74) is -0.879. The molecule has 0 bridgehead atoms.